The molecule has 2 N–H and O–H groups in total. The number of carbonyl (C=O) groups is 2. The molecule has 6 heteroatoms. The first-order chi connectivity index (χ1) is 11.4. The first-order valence-corrected chi connectivity index (χ1v) is 7.92. The van der Waals surface area contributed by atoms with Crippen LogP contribution >= 0.6 is 11.6 Å². The average Bonchev–Trinajstić information content (AvgIpc) is 2.54. The minimum absolute atomic E-state index is 0.0912. The first kappa shape index (κ1) is 17.8. The zero-order chi connectivity index (χ0) is 17.5. The van der Waals surface area contributed by atoms with Crippen molar-refractivity contribution in [2.75, 3.05) is 11.9 Å². The largest absolute Gasteiger partial charge is 0.491 e. The van der Waals surface area contributed by atoms with Crippen LogP contribution in [0, 0.1) is 0 Å². The van der Waals surface area contributed by atoms with Crippen molar-refractivity contribution in [3.8, 4) is 5.75 Å². The maximum Gasteiger partial charge on any atom is 0.251 e. The summed E-state index contributed by atoms with van der Waals surface area (Å²) in [5, 5.41) is 5.82. The van der Waals surface area contributed by atoms with E-state index in [2.05, 4.69) is 10.6 Å². The fourth-order valence-corrected chi connectivity index (χ4v) is 2.08. The van der Waals surface area contributed by atoms with E-state index in [0.717, 1.165) is 5.75 Å². The number of nitrogens with one attached hydrogen (secondary N) is 2. The number of amides is 2. The predicted molar refractivity (Wildman–Crippen MR) is 94.6 cm³/mol. The number of rotatable bonds is 6. The number of hydrogen-bond acceptors (Lipinski definition) is 3. The Balaban J connectivity index is 1.82. The minimum atomic E-state index is -0.331. The maximum absolute atomic E-state index is 11.9. The van der Waals surface area contributed by atoms with Gasteiger partial charge in [-0.25, -0.2) is 0 Å². The van der Waals surface area contributed by atoms with E-state index in [4.69, 9.17) is 16.3 Å². The second kappa shape index (κ2) is 8.36. The molecule has 2 aromatic carbocycles. The van der Waals surface area contributed by atoms with Crippen molar-refractivity contribution in [2.45, 2.75) is 20.0 Å². The Morgan fingerprint density at radius 1 is 1.04 bits per heavy atom. The molecule has 0 aromatic heterocycles. The van der Waals surface area contributed by atoms with Gasteiger partial charge in [0, 0.05) is 16.3 Å². The Labute approximate surface area is 146 Å². The standard InChI is InChI=1S/C18H19ClN2O3/c1-12(2)24-16-9-7-15(8-10-16)21-17(22)11-20-18(23)13-3-5-14(19)6-4-13/h3-10,12H,11H2,1-2H3,(H,20,23)(H,21,22). The molecule has 0 aliphatic carbocycles. The van der Waals surface area contributed by atoms with E-state index < -0.39 is 0 Å². The molecule has 0 unspecified atom stereocenters. The molecule has 0 aliphatic heterocycles. The number of hydrogen-bond donors (Lipinski definition) is 2. The second-order valence-corrected chi connectivity index (χ2v) is 5.87. The van der Waals surface area contributed by atoms with Crippen LogP contribution in [-0.4, -0.2) is 24.5 Å². The summed E-state index contributed by atoms with van der Waals surface area (Å²) in [6.45, 7) is 3.77. The summed E-state index contributed by atoms with van der Waals surface area (Å²) in [7, 11) is 0. The fourth-order valence-electron chi connectivity index (χ4n) is 1.96. The van der Waals surface area contributed by atoms with Crippen LogP contribution in [0.4, 0.5) is 5.69 Å². The van der Waals surface area contributed by atoms with Gasteiger partial charge in [0.2, 0.25) is 5.91 Å². The lowest BCUT2D eigenvalue weighted by atomic mass is 10.2. The van der Waals surface area contributed by atoms with E-state index in [1.807, 2.05) is 13.8 Å². The molecule has 2 aromatic rings. The minimum Gasteiger partial charge on any atom is -0.491 e. The Bertz CT molecular complexity index is 697. The van der Waals surface area contributed by atoms with Crippen LogP contribution < -0.4 is 15.4 Å². The van der Waals surface area contributed by atoms with E-state index in [9.17, 15) is 9.59 Å². The van der Waals surface area contributed by atoms with E-state index in [1.165, 1.54) is 0 Å². The van der Waals surface area contributed by atoms with Crippen molar-refractivity contribution in [3.63, 3.8) is 0 Å². The van der Waals surface area contributed by atoms with Gasteiger partial charge in [-0.15, -0.1) is 0 Å². The second-order valence-electron chi connectivity index (χ2n) is 5.43. The normalized spacial score (nSPS) is 10.3. The van der Waals surface area contributed by atoms with Crippen LogP contribution in [0.15, 0.2) is 48.5 Å². The molecule has 0 saturated heterocycles. The molecule has 126 valence electrons. The number of anilines is 1. The topological polar surface area (TPSA) is 67.4 Å². The first-order valence-electron chi connectivity index (χ1n) is 7.54. The van der Waals surface area contributed by atoms with E-state index in [-0.39, 0.29) is 24.5 Å². The van der Waals surface area contributed by atoms with Crippen LogP contribution in [0.5, 0.6) is 5.75 Å². The van der Waals surface area contributed by atoms with Crippen molar-refractivity contribution in [1.29, 1.82) is 0 Å². The summed E-state index contributed by atoms with van der Waals surface area (Å²) in [4.78, 5) is 23.8. The van der Waals surface area contributed by atoms with E-state index in [0.29, 0.717) is 16.3 Å². The molecule has 0 radical (unpaired) electrons. The molecule has 0 heterocycles. The lowest BCUT2D eigenvalue weighted by Crippen LogP contribution is -2.32. The van der Waals surface area contributed by atoms with Crippen molar-refractivity contribution in [1.82, 2.24) is 5.32 Å². The monoisotopic (exact) mass is 346 g/mol. The molecule has 0 fully saturated rings. The SMILES string of the molecule is CC(C)Oc1ccc(NC(=O)CNC(=O)c2ccc(Cl)cc2)cc1. The number of halogens is 1. The van der Waals surface area contributed by atoms with E-state index >= 15 is 0 Å². The van der Waals surface area contributed by atoms with Gasteiger partial charge in [0.1, 0.15) is 5.75 Å². The molecule has 0 bridgehead atoms. The summed E-state index contributed by atoms with van der Waals surface area (Å²) >= 11 is 5.77. The molecule has 2 amide bonds. The quantitative estimate of drug-likeness (QED) is 0.841. The van der Waals surface area contributed by atoms with Gasteiger partial charge in [-0.2, -0.15) is 0 Å². The molecule has 2 rings (SSSR count). The highest BCUT2D eigenvalue weighted by molar-refractivity contribution is 6.30. The molecule has 5 nitrogen and oxygen atoms in total. The van der Waals surface area contributed by atoms with Crippen LogP contribution in [-0.2, 0) is 4.79 Å². The summed E-state index contributed by atoms with van der Waals surface area (Å²) in [5.74, 6) is 0.0939. The Kier molecular flexibility index (Phi) is 6.21. The van der Waals surface area contributed by atoms with Crippen LogP contribution in [0.25, 0.3) is 0 Å². The van der Waals surface area contributed by atoms with Gasteiger partial charge in [0.05, 0.1) is 12.6 Å². The van der Waals surface area contributed by atoms with Crippen LogP contribution in [0.3, 0.4) is 0 Å². The van der Waals surface area contributed by atoms with Gasteiger partial charge in [-0.1, -0.05) is 11.6 Å². The van der Waals surface area contributed by atoms with Gasteiger partial charge >= 0.3 is 0 Å². The zero-order valence-corrected chi connectivity index (χ0v) is 14.3. The third kappa shape index (κ3) is 5.59. The maximum atomic E-state index is 11.9. The highest BCUT2D eigenvalue weighted by atomic mass is 35.5. The fraction of sp³-hybridized carbons (Fsp3) is 0.222. The third-order valence-corrected chi connectivity index (χ3v) is 3.28. The highest BCUT2D eigenvalue weighted by Crippen LogP contribution is 2.16. The molecular formula is C18H19ClN2O3. The summed E-state index contributed by atoms with van der Waals surface area (Å²) in [6.07, 6.45) is 0.0912. The van der Waals surface area contributed by atoms with Crippen LogP contribution in [0.1, 0.15) is 24.2 Å². The Hall–Kier alpha value is -2.53. The van der Waals surface area contributed by atoms with Gasteiger partial charge in [-0.05, 0) is 62.4 Å². The average molecular weight is 347 g/mol. The van der Waals surface area contributed by atoms with Crippen molar-refractivity contribution >= 4 is 29.1 Å². The molecule has 24 heavy (non-hydrogen) atoms. The third-order valence-electron chi connectivity index (χ3n) is 3.03. The van der Waals surface area contributed by atoms with Crippen molar-refractivity contribution in [3.05, 3.63) is 59.1 Å². The van der Waals surface area contributed by atoms with Crippen molar-refractivity contribution in [2.24, 2.45) is 0 Å². The number of benzene rings is 2. The number of carbonyl (C=O) groups excluding carboxylic acids is 2. The highest BCUT2D eigenvalue weighted by Gasteiger charge is 2.08. The molecule has 0 spiro atoms. The molecule has 0 aliphatic rings. The van der Waals surface area contributed by atoms with Gasteiger partial charge < -0.3 is 15.4 Å². The Morgan fingerprint density at radius 3 is 2.25 bits per heavy atom. The zero-order valence-electron chi connectivity index (χ0n) is 13.5. The Morgan fingerprint density at radius 2 is 1.67 bits per heavy atom. The molecule has 0 atom stereocenters. The van der Waals surface area contributed by atoms with Gasteiger partial charge in [0.25, 0.3) is 5.91 Å². The van der Waals surface area contributed by atoms with Crippen LogP contribution in [0.2, 0.25) is 5.02 Å². The number of ether oxygens (including phenoxy) is 1. The lowest BCUT2D eigenvalue weighted by molar-refractivity contribution is -0.115. The lowest BCUT2D eigenvalue weighted by Gasteiger charge is -2.11. The molecule has 0 saturated carbocycles. The van der Waals surface area contributed by atoms with Gasteiger partial charge in [-0.3, -0.25) is 9.59 Å². The smallest absolute Gasteiger partial charge is 0.251 e. The summed E-state index contributed by atoms with van der Waals surface area (Å²) in [6, 6.07) is 13.5. The summed E-state index contributed by atoms with van der Waals surface area (Å²) in [5.41, 5.74) is 1.08. The van der Waals surface area contributed by atoms with Gasteiger partial charge in [0.15, 0.2) is 0 Å². The predicted octanol–water partition coefficient (Wildman–Crippen LogP) is 3.50. The molecular weight excluding hydrogens is 328 g/mol. The van der Waals surface area contributed by atoms with Crippen molar-refractivity contribution < 1.29 is 14.3 Å². The van der Waals surface area contributed by atoms with E-state index in [1.54, 1.807) is 48.5 Å². The summed E-state index contributed by atoms with van der Waals surface area (Å²) < 4.78 is 5.53.